The first-order valence-electron chi connectivity index (χ1n) is 3.15. The van der Waals surface area contributed by atoms with Crippen molar-refractivity contribution in [1.82, 2.24) is 5.43 Å². The molecule has 0 fully saturated rings. The maximum atomic E-state index is 11.0. The largest absolute Gasteiger partial charge is 0.271 e. The van der Waals surface area contributed by atoms with E-state index in [-0.39, 0.29) is 5.91 Å². The number of amides is 1. The molecule has 0 saturated heterocycles. The summed E-state index contributed by atoms with van der Waals surface area (Å²) in [6.45, 7) is 3.14. The molecule has 0 aliphatic heterocycles. The van der Waals surface area contributed by atoms with Crippen LogP contribution in [0, 0.1) is 0 Å². The first kappa shape index (κ1) is 7.47. The van der Waals surface area contributed by atoms with Crippen molar-refractivity contribution in [3.05, 3.63) is 35.9 Å². The van der Waals surface area contributed by atoms with Gasteiger partial charge in [-0.25, -0.2) is 5.43 Å². The number of carbonyl (C=O) groups is 1. The predicted octanol–water partition coefficient (Wildman–Crippen LogP) is 1.03. The Hall–Kier alpha value is -1.64. The van der Waals surface area contributed by atoms with Gasteiger partial charge in [-0.2, -0.15) is 5.10 Å². The van der Waals surface area contributed by atoms with Gasteiger partial charge < -0.3 is 0 Å². The highest BCUT2D eigenvalue weighted by atomic mass is 16.2. The summed E-state index contributed by atoms with van der Waals surface area (Å²) < 4.78 is 0. The van der Waals surface area contributed by atoms with E-state index < -0.39 is 0 Å². The Bertz CT molecular complexity index is 256. The summed E-state index contributed by atoms with van der Waals surface area (Å²) in [7, 11) is 0. The average molecular weight is 148 g/mol. The molecule has 0 saturated carbocycles. The van der Waals surface area contributed by atoms with Crippen molar-refractivity contribution in [3.8, 4) is 0 Å². The van der Waals surface area contributed by atoms with Crippen molar-refractivity contribution >= 4 is 12.6 Å². The SMILES string of the molecule is C=NNC(=O)c1ccccc1. The van der Waals surface area contributed by atoms with Crippen LogP contribution in [0.15, 0.2) is 35.4 Å². The van der Waals surface area contributed by atoms with Gasteiger partial charge in [0.2, 0.25) is 0 Å². The van der Waals surface area contributed by atoms with Gasteiger partial charge in [0.05, 0.1) is 0 Å². The second kappa shape index (κ2) is 3.51. The molecule has 56 valence electrons. The van der Waals surface area contributed by atoms with E-state index in [1.165, 1.54) is 0 Å². The summed E-state index contributed by atoms with van der Waals surface area (Å²) in [5, 5.41) is 3.26. The van der Waals surface area contributed by atoms with Crippen LogP contribution in [0.2, 0.25) is 0 Å². The predicted molar refractivity (Wildman–Crippen MR) is 43.5 cm³/mol. The second-order valence-electron chi connectivity index (χ2n) is 1.97. The van der Waals surface area contributed by atoms with Crippen LogP contribution in [-0.2, 0) is 0 Å². The highest BCUT2D eigenvalue weighted by Crippen LogP contribution is 1.96. The minimum Gasteiger partial charge on any atom is -0.267 e. The van der Waals surface area contributed by atoms with Crippen LogP contribution < -0.4 is 5.43 Å². The fourth-order valence-corrected chi connectivity index (χ4v) is 0.726. The molecule has 3 nitrogen and oxygen atoms in total. The van der Waals surface area contributed by atoms with E-state index in [1.807, 2.05) is 6.07 Å². The molecule has 1 amide bonds. The van der Waals surface area contributed by atoms with Crippen LogP contribution in [0.5, 0.6) is 0 Å². The molecule has 0 aliphatic carbocycles. The molecule has 11 heavy (non-hydrogen) atoms. The lowest BCUT2D eigenvalue weighted by Gasteiger charge is -1.96. The van der Waals surface area contributed by atoms with Gasteiger partial charge in [0.25, 0.3) is 5.91 Å². The van der Waals surface area contributed by atoms with Gasteiger partial charge in [-0.1, -0.05) is 18.2 Å². The molecule has 3 heteroatoms. The minimum atomic E-state index is -0.236. The number of benzene rings is 1. The second-order valence-corrected chi connectivity index (χ2v) is 1.97. The smallest absolute Gasteiger partial charge is 0.267 e. The third-order valence-corrected chi connectivity index (χ3v) is 1.22. The summed E-state index contributed by atoms with van der Waals surface area (Å²) in [4.78, 5) is 11.0. The minimum absolute atomic E-state index is 0.236. The average Bonchev–Trinajstić information content (AvgIpc) is 2.07. The fourth-order valence-electron chi connectivity index (χ4n) is 0.726. The zero-order valence-electron chi connectivity index (χ0n) is 5.95. The third kappa shape index (κ3) is 1.89. The lowest BCUT2D eigenvalue weighted by Crippen LogP contribution is -2.16. The number of nitrogens with one attached hydrogen (secondary N) is 1. The number of hydrogen-bond acceptors (Lipinski definition) is 2. The molecule has 0 spiro atoms. The van der Waals surface area contributed by atoms with Crippen molar-refractivity contribution in [2.75, 3.05) is 0 Å². The van der Waals surface area contributed by atoms with E-state index in [0.717, 1.165) is 0 Å². The van der Waals surface area contributed by atoms with Crippen LogP contribution in [0.25, 0.3) is 0 Å². The summed E-state index contributed by atoms with van der Waals surface area (Å²) in [5.41, 5.74) is 2.82. The first-order chi connectivity index (χ1) is 5.34. The standard InChI is InChI=1S/C8H8N2O/c1-9-10-8(11)7-5-3-2-4-6-7/h2-6H,1H2,(H,10,11). The lowest BCUT2D eigenvalue weighted by atomic mass is 10.2. The summed E-state index contributed by atoms with van der Waals surface area (Å²) >= 11 is 0. The zero-order chi connectivity index (χ0) is 8.10. The highest BCUT2D eigenvalue weighted by molar-refractivity contribution is 5.93. The molecular weight excluding hydrogens is 140 g/mol. The van der Waals surface area contributed by atoms with Crippen LogP contribution in [-0.4, -0.2) is 12.6 Å². The molecule has 0 aromatic heterocycles. The molecule has 0 heterocycles. The Morgan fingerprint density at radius 1 is 1.36 bits per heavy atom. The number of hydrazone groups is 1. The first-order valence-corrected chi connectivity index (χ1v) is 3.15. The van der Waals surface area contributed by atoms with E-state index in [4.69, 9.17) is 0 Å². The summed E-state index contributed by atoms with van der Waals surface area (Å²) in [6.07, 6.45) is 0. The van der Waals surface area contributed by atoms with Crippen LogP contribution in [0.4, 0.5) is 0 Å². The third-order valence-electron chi connectivity index (χ3n) is 1.22. The Labute approximate surface area is 64.7 Å². The Morgan fingerprint density at radius 3 is 2.55 bits per heavy atom. The van der Waals surface area contributed by atoms with Gasteiger partial charge in [0, 0.05) is 12.3 Å². The van der Waals surface area contributed by atoms with E-state index in [2.05, 4.69) is 17.2 Å². The Kier molecular flexibility index (Phi) is 2.38. The quantitative estimate of drug-likeness (QED) is 0.494. The van der Waals surface area contributed by atoms with Gasteiger partial charge in [-0.05, 0) is 12.1 Å². The Morgan fingerprint density at radius 2 is 2.00 bits per heavy atom. The van der Waals surface area contributed by atoms with Crippen molar-refractivity contribution in [2.45, 2.75) is 0 Å². The van der Waals surface area contributed by atoms with Gasteiger partial charge in [0.15, 0.2) is 0 Å². The zero-order valence-corrected chi connectivity index (χ0v) is 5.95. The molecule has 1 aromatic carbocycles. The maximum Gasteiger partial charge on any atom is 0.271 e. The molecule has 0 atom stereocenters. The van der Waals surface area contributed by atoms with Crippen molar-refractivity contribution in [3.63, 3.8) is 0 Å². The summed E-state index contributed by atoms with van der Waals surface area (Å²) in [6, 6.07) is 8.84. The highest BCUT2D eigenvalue weighted by Gasteiger charge is 1.99. The molecular formula is C8H8N2O. The Balaban J connectivity index is 2.77. The molecule has 0 radical (unpaired) electrons. The number of carbonyl (C=O) groups excluding carboxylic acids is 1. The topological polar surface area (TPSA) is 41.5 Å². The van der Waals surface area contributed by atoms with Crippen LogP contribution >= 0.6 is 0 Å². The molecule has 0 unspecified atom stereocenters. The van der Waals surface area contributed by atoms with Gasteiger partial charge in [-0.3, -0.25) is 4.79 Å². The van der Waals surface area contributed by atoms with Crippen LogP contribution in [0.1, 0.15) is 10.4 Å². The van der Waals surface area contributed by atoms with E-state index >= 15 is 0 Å². The maximum absolute atomic E-state index is 11.0. The van der Waals surface area contributed by atoms with E-state index in [9.17, 15) is 4.79 Å². The van der Waals surface area contributed by atoms with Gasteiger partial charge >= 0.3 is 0 Å². The van der Waals surface area contributed by atoms with Gasteiger partial charge in [0.1, 0.15) is 0 Å². The molecule has 1 aromatic rings. The lowest BCUT2D eigenvalue weighted by molar-refractivity contribution is 0.0955. The van der Waals surface area contributed by atoms with Crippen LogP contribution in [0.3, 0.4) is 0 Å². The van der Waals surface area contributed by atoms with E-state index in [1.54, 1.807) is 24.3 Å². The fraction of sp³-hybridized carbons (Fsp3) is 0. The molecule has 0 bridgehead atoms. The molecule has 1 rings (SSSR count). The summed E-state index contributed by atoms with van der Waals surface area (Å²) in [5.74, 6) is -0.236. The van der Waals surface area contributed by atoms with Gasteiger partial charge in [-0.15, -0.1) is 0 Å². The van der Waals surface area contributed by atoms with E-state index in [0.29, 0.717) is 5.56 Å². The number of nitrogens with zero attached hydrogens (tertiary/aromatic N) is 1. The molecule has 1 N–H and O–H groups in total. The number of hydrogen-bond donors (Lipinski definition) is 1. The monoisotopic (exact) mass is 148 g/mol. The van der Waals surface area contributed by atoms with Crippen molar-refractivity contribution in [2.24, 2.45) is 5.10 Å². The number of rotatable bonds is 2. The molecule has 0 aliphatic rings. The van der Waals surface area contributed by atoms with Crippen molar-refractivity contribution in [1.29, 1.82) is 0 Å². The van der Waals surface area contributed by atoms with Crippen molar-refractivity contribution < 1.29 is 4.79 Å². The normalized spacial score (nSPS) is 8.73.